The Kier molecular flexibility index (Phi) is 6.55. The number of likely N-dealkylation sites (N-methyl/N-ethyl adjacent to an activating group) is 1. The molecule has 0 spiro atoms. The molecule has 2 heterocycles. The Balaban J connectivity index is 1.27. The van der Waals surface area contributed by atoms with Gasteiger partial charge in [0.15, 0.2) is 0 Å². The first kappa shape index (κ1) is 22.0. The molecule has 168 valence electrons. The minimum Gasteiger partial charge on any atom is -0.369 e. The van der Waals surface area contributed by atoms with Crippen molar-refractivity contribution < 1.29 is 14.4 Å². The molecule has 1 saturated heterocycles. The van der Waals surface area contributed by atoms with E-state index in [1.807, 2.05) is 25.1 Å². The third kappa shape index (κ3) is 4.67. The van der Waals surface area contributed by atoms with Gasteiger partial charge in [-0.2, -0.15) is 0 Å². The highest BCUT2D eigenvalue weighted by Crippen LogP contribution is 2.24. The summed E-state index contributed by atoms with van der Waals surface area (Å²) in [6.07, 6.45) is 0.708. The molecule has 0 unspecified atom stereocenters. The van der Waals surface area contributed by atoms with Crippen molar-refractivity contribution in [2.75, 3.05) is 44.7 Å². The molecule has 0 saturated carbocycles. The maximum absolute atomic E-state index is 12.6. The van der Waals surface area contributed by atoms with Crippen LogP contribution in [0.15, 0.2) is 42.5 Å². The van der Waals surface area contributed by atoms with Gasteiger partial charge in [0.25, 0.3) is 11.8 Å². The number of hydrogen-bond acceptors (Lipinski definition) is 5. The second-order valence-corrected chi connectivity index (χ2v) is 8.61. The molecule has 0 aromatic heterocycles. The molecule has 2 aliphatic heterocycles. The van der Waals surface area contributed by atoms with Gasteiger partial charge in [0.1, 0.15) is 0 Å². The van der Waals surface area contributed by atoms with Gasteiger partial charge in [-0.3, -0.25) is 19.3 Å². The summed E-state index contributed by atoms with van der Waals surface area (Å²) in [6, 6.07) is 13.5. The topological polar surface area (TPSA) is 73.0 Å². The Labute approximate surface area is 189 Å². The maximum Gasteiger partial charge on any atom is 0.261 e. The molecule has 7 nitrogen and oxygen atoms in total. The Morgan fingerprint density at radius 1 is 0.969 bits per heavy atom. The molecule has 3 amide bonds. The van der Waals surface area contributed by atoms with Gasteiger partial charge in [-0.25, -0.2) is 0 Å². The van der Waals surface area contributed by atoms with Gasteiger partial charge in [0.05, 0.1) is 11.1 Å². The number of carbonyl (C=O) groups excluding carboxylic acids is 3. The third-order valence-electron chi connectivity index (χ3n) is 6.22. The molecule has 0 radical (unpaired) electrons. The highest BCUT2D eigenvalue weighted by Gasteiger charge is 2.34. The number of anilines is 1. The zero-order chi connectivity index (χ0) is 22.7. The van der Waals surface area contributed by atoms with E-state index in [2.05, 4.69) is 34.3 Å². The molecule has 4 rings (SSSR count). The summed E-state index contributed by atoms with van der Waals surface area (Å²) in [6.45, 7) is 6.61. The number of para-hydroxylation sites is 1. The van der Waals surface area contributed by atoms with Gasteiger partial charge < -0.3 is 15.1 Å². The Bertz CT molecular complexity index is 1030. The van der Waals surface area contributed by atoms with E-state index in [0.717, 1.165) is 37.3 Å². The molecule has 2 aromatic carbocycles. The van der Waals surface area contributed by atoms with Crippen molar-refractivity contribution in [3.8, 4) is 0 Å². The number of carbonyl (C=O) groups is 3. The maximum atomic E-state index is 12.6. The van der Waals surface area contributed by atoms with E-state index in [1.54, 1.807) is 12.1 Å². The number of piperazine rings is 1. The van der Waals surface area contributed by atoms with E-state index in [-0.39, 0.29) is 30.7 Å². The summed E-state index contributed by atoms with van der Waals surface area (Å²) < 4.78 is 0. The van der Waals surface area contributed by atoms with Crippen LogP contribution in [-0.2, 0) is 11.3 Å². The lowest BCUT2D eigenvalue weighted by Crippen LogP contribution is -2.45. The predicted molar refractivity (Wildman–Crippen MR) is 124 cm³/mol. The first-order valence-corrected chi connectivity index (χ1v) is 11.2. The van der Waals surface area contributed by atoms with Crippen molar-refractivity contribution in [1.29, 1.82) is 0 Å². The molecule has 1 fully saturated rings. The zero-order valence-electron chi connectivity index (χ0n) is 18.8. The van der Waals surface area contributed by atoms with E-state index in [9.17, 15) is 14.4 Å². The zero-order valence-corrected chi connectivity index (χ0v) is 18.8. The molecule has 2 aromatic rings. The monoisotopic (exact) mass is 434 g/mol. The molecule has 7 heteroatoms. The van der Waals surface area contributed by atoms with Crippen molar-refractivity contribution in [2.45, 2.75) is 26.3 Å². The van der Waals surface area contributed by atoms with Crippen LogP contribution in [0.5, 0.6) is 0 Å². The predicted octanol–water partition coefficient (Wildman–Crippen LogP) is 2.44. The van der Waals surface area contributed by atoms with Gasteiger partial charge in [-0.1, -0.05) is 29.8 Å². The average Bonchev–Trinajstić information content (AvgIpc) is 3.02. The summed E-state index contributed by atoms with van der Waals surface area (Å²) >= 11 is 0. The summed E-state index contributed by atoms with van der Waals surface area (Å²) in [4.78, 5) is 43.4. The molecule has 1 N–H and O–H groups in total. The van der Waals surface area contributed by atoms with Crippen molar-refractivity contribution in [3.63, 3.8) is 0 Å². The second-order valence-electron chi connectivity index (χ2n) is 8.61. The number of benzene rings is 2. The van der Waals surface area contributed by atoms with Crippen LogP contribution < -0.4 is 10.2 Å². The molecule has 0 bridgehead atoms. The van der Waals surface area contributed by atoms with Crippen molar-refractivity contribution >= 4 is 23.4 Å². The van der Waals surface area contributed by atoms with E-state index >= 15 is 0 Å². The Morgan fingerprint density at radius 3 is 2.47 bits per heavy atom. The lowest BCUT2D eigenvalue weighted by Gasteiger charge is -2.35. The smallest absolute Gasteiger partial charge is 0.261 e. The lowest BCUT2D eigenvalue weighted by atomic mass is 10.1. The number of aryl methyl sites for hydroxylation is 1. The number of fused-ring (bicyclic) bond motifs is 1. The van der Waals surface area contributed by atoms with Gasteiger partial charge in [-0.05, 0) is 44.2 Å². The van der Waals surface area contributed by atoms with E-state index in [1.165, 1.54) is 10.6 Å². The summed E-state index contributed by atoms with van der Waals surface area (Å²) in [5, 5.41) is 3.00. The van der Waals surface area contributed by atoms with Crippen LogP contribution in [0.4, 0.5) is 5.69 Å². The van der Waals surface area contributed by atoms with Crippen LogP contribution >= 0.6 is 0 Å². The molecule has 32 heavy (non-hydrogen) atoms. The minimum atomic E-state index is -0.272. The van der Waals surface area contributed by atoms with E-state index in [4.69, 9.17) is 0 Å². The van der Waals surface area contributed by atoms with Crippen LogP contribution in [0.25, 0.3) is 0 Å². The molecule has 0 aliphatic carbocycles. The van der Waals surface area contributed by atoms with E-state index in [0.29, 0.717) is 24.1 Å². The summed E-state index contributed by atoms with van der Waals surface area (Å²) in [7, 11) is 2.13. The molecular formula is C25H30N4O3. The number of amides is 3. The van der Waals surface area contributed by atoms with Crippen LogP contribution in [0, 0.1) is 6.92 Å². The number of imide groups is 1. The number of nitrogens with zero attached hydrogens (tertiary/aromatic N) is 3. The standard InChI is InChI=1S/C25H30N4O3/c1-18-9-10-20-21(16-18)25(32)29(24(20)31)11-5-8-23(30)26-17-19-6-3-4-7-22(19)28-14-12-27(2)13-15-28/h3-4,6-7,9-10,16H,5,8,11-15,17H2,1-2H3,(H,26,30). The normalized spacial score (nSPS) is 16.4. The van der Waals surface area contributed by atoms with Gasteiger partial charge >= 0.3 is 0 Å². The van der Waals surface area contributed by atoms with Crippen molar-refractivity contribution in [2.24, 2.45) is 0 Å². The highest BCUT2D eigenvalue weighted by molar-refractivity contribution is 6.21. The fraction of sp³-hybridized carbons (Fsp3) is 0.400. The van der Waals surface area contributed by atoms with E-state index < -0.39 is 0 Å². The fourth-order valence-electron chi connectivity index (χ4n) is 4.30. The van der Waals surface area contributed by atoms with Crippen LogP contribution in [0.2, 0.25) is 0 Å². The van der Waals surface area contributed by atoms with Gasteiger partial charge in [0.2, 0.25) is 5.91 Å². The average molecular weight is 435 g/mol. The minimum absolute atomic E-state index is 0.0781. The first-order valence-electron chi connectivity index (χ1n) is 11.2. The first-order chi connectivity index (χ1) is 15.4. The number of nitrogens with one attached hydrogen (secondary N) is 1. The summed E-state index contributed by atoms with van der Waals surface area (Å²) in [5.41, 5.74) is 4.12. The van der Waals surface area contributed by atoms with Gasteiger partial charge in [0, 0.05) is 51.4 Å². The second kappa shape index (κ2) is 9.53. The Morgan fingerprint density at radius 2 is 1.69 bits per heavy atom. The fourth-order valence-corrected chi connectivity index (χ4v) is 4.30. The molecular weight excluding hydrogens is 404 g/mol. The lowest BCUT2D eigenvalue weighted by molar-refractivity contribution is -0.121. The molecule has 2 aliphatic rings. The highest BCUT2D eigenvalue weighted by atomic mass is 16.2. The van der Waals surface area contributed by atoms with Crippen LogP contribution in [-0.4, -0.2) is 67.3 Å². The van der Waals surface area contributed by atoms with Crippen molar-refractivity contribution in [1.82, 2.24) is 15.1 Å². The summed E-state index contributed by atoms with van der Waals surface area (Å²) in [5.74, 6) is -0.618. The number of hydrogen-bond donors (Lipinski definition) is 1. The van der Waals surface area contributed by atoms with Crippen LogP contribution in [0.1, 0.15) is 44.7 Å². The van der Waals surface area contributed by atoms with Crippen LogP contribution in [0.3, 0.4) is 0 Å². The van der Waals surface area contributed by atoms with Gasteiger partial charge in [-0.15, -0.1) is 0 Å². The third-order valence-corrected chi connectivity index (χ3v) is 6.22. The molecule has 0 atom stereocenters. The van der Waals surface area contributed by atoms with Crippen molar-refractivity contribution in [3.05, 3.63) is 64.7 Å². The number of rotatable bonds is 7. The quantitative estimate of drug-likeness (QED) is 0.678. The Hall–Kier alpha value is -3.19. The SMILES string of the molecule is Cc1ccc2c(c1)C(=O)N(CCCC(=O)NCc1ccccc1N1CCN(C)CC1)C2=O. The largest absolute Gasteiger partial charge is 0.369 e.